The summed E-state index contributed by atoms with van der Waals surface area (Å²) in [6.45, 7) is 7.28. The number of nitrogens with one attached hydrogen (secondary N) is 1. The number of aryl methyl sites for hydroxylation is 1. The van der Waals surface area contributed by atoms with Gasteiger partial charge in [-0.1, -0.05) is 55.0 Å². The van der Waals surface area contributed by atoms with Gasteiger partial charge in [0.1, 0.15) is 17.9 Å². The number of carbonyl (C=O) groups excluding carboxylic acids is 3. The van der Waals surface area contributed by atoms with E-state index < -0.39 is 17.8 Å². The quantitative estimate of drug-likeness (QED) is 0.264. The van der Waals surface area contributed by atoms with Gasteiger partial charge in [-0.2, -0.15) is 0 Å². The van der Waals surface area contributed by atoms with Crippen LogP contribution in [0.4, 0.5) is 4.79 Å². The number of rotatable bonds is 11. The molecule has 4 amide bonds. The number of imide groups is 2. The lowest BCUT2D eigenvalue weighted by Crippen LogP contribution is -2.53. The van der Waals surface area contributed by atoms with Gasteiger partial charge >= 0.3 is 6.03 Å². The summed E-state index contributed by atoms with van der Waals surface area (Å²) in [5.41, 5.74) is 3.40. The first-order chi connectivity index (χ1) is 18.9. The van der Waals surface area contributed by atoms with Crippen LogP contribution in [-0.4, -0.2) is 36.0 Å². The zero-order valence-electron chi connectivity index (χ0n) is 22.4. The molecule has 8 nitrogen and oxygen atoms in total. The molecule has 1 aliphatic heterocycles. The zero-order valence-corrected chi connectivity index (χ0v) is 22.4. The Bertz CT molecular complexity index is 1360. The first-order valence-electron chi connectivity index (χ1n) is 12.9. The molecule has 0 aliphatic carbocycles. The van der Waals surface area contributed by atoms with E-state index >= 15 is 0 Å². The second-order valence-electron chi connectivity index (χ2n) is 9.11. The molecule has 1 N–H and O–H groups in total. The predicted molar refractivity (Wildman–Crippen MR) is 147 cm³/mol. The fourth-order valence-electron chi connectivity index (χ4n) is 3.95. The summed E-state index contributed by atoms with van der Waals surface area (Å²) in [5, 5.41) is 2.26. The minimum Gasteiger partial charge on any atom is -0.490 e. The van der Waals surface area contributed by atoms with Crippen LogP contribution < -0.4 is 19.5 Å². The van der Waals surface area contributed by atoms with Crippen molar-refractivity contribution in [2.24, 2.45) is 0 Å². The van der Waals surface area contributed by atoms with Crippen molar-refractivity contribution in [3.05, 3.63) is 94.6 Å². The van der Waals surface area contributed by atoms with Crippen molar-refractivity contribution in [1.82, 2.24) is 10.2 Å². The van der Waals surface area contributed by atoms with E-state index in [9.17, 15) is 14.4 Å². The van der Waals surface area contributed by atoms with E-state index in [4.69, 9.17) is 14.2 Å². The number of carbonyl (C=O) groups is 3. The van der Waals surface area contributed by atoms with Gasteiger partial charge in [0.25, 0.3) is 11.8 Å². The Morgan fingerprint density at radius 1 is 0.821 bits per heavy atom. The smallest absolute Gasteiger partial charge is 0.331 e. The molecule has 0 radical (unpaired) electrons. The molecule has 3 aromatic carbocycles. The van der Waals surface area contributed by atoms with Crippen LogP contribution in [0.15, 0.2) is 72.3 Å². The highest BCUT2D eigenvalue weighted by Gasteiger charge is 2.35. The maximum absolute atomic E-state index is 13.2. The molecule has 202 valence electrons. The Morgan fingerprint density at radius 2 is 1.54 bits per heavy atom. The third-order valence-corrected chi connectivity index (χ3v) is 6.01. The van der Waals surface area contributed by atoms with Crippen molar-refractivity contribution in [3.8, 4) is 17.2 Å². The van der Waals surface area contributed by atoms with E-state index in [-0.39, 0.29) is 12.1 Å². The SMILES string of the molecule is CCCOc1ccc(CN2C(=O)NC(=O)/C(=C\c3ccc(OCc4ccc(C)cc4)cc3)C2=O)cc1OCC. The van der Waals surface area contributed by atoms with Crippen LogP contribution in [0.5, 0.6) is 17.2 Å². The minimum atomic E-state index is -0.772. The van der Waals surface area contributed by atoms with E-state index in [1.165, 1.54) is 11.6 Å². The Hall–Kier alpha value is -4.59. The summed E-state index contributed by atoms with van der Waals surface area (Å²) < 4.78 is 17.2. The second kappa shape index (κ2) is 12.8. The summed E-state index contributed by atoms with van der Waals surface area (Å²) >= 11 is 0. The number of hydrogen-bond acceptors (Lipinski definition) is 6. The molecule has 4 rings (SSSR count). The molecule has 0 spiro atoms. The normalized spacial score (nSPS) is 14.4. The highest BCUT2D eigenvalue weighted by atomic mass is 16.5. The minimum absolute atomic E-state index is 0.0325. The number of urea groups is 1. The monoisotopic (exact) mass is 528 g/mol. The lowest BCUT2D eigenvalue weighted by atomic mass is 10.1. The van der Waals surface area contributed by atoms with Crippen molar-refractivity contribution < 1.29 is 28.6 Å². The maximum Gasteiger partial charge on any atom is 0.331 e. The van der Waals surface area contributed by atoms with Gasteiger partial charge in [0.2, 0.25) is 0 Å². The number of barbiturate groups is 1. The van der Waals surface area contributed by atoms with Gasteiger partial charge in [-0.3, -0.25) is 19.8 Å². The Kier molecular flexibility index (Phi) is 8.99. The summed E-state index contributed by atoms with van der Waals surface area (Å²) in [6, 6.07) is 19.6. The van der Waals surface area contributed by atoms with Crippen molar-refractivity contribution in [2.75, 3.05) is 13.2 Å². The van der Waals surface area contributed by atoms with Gasteiger partial charge in [0.05, 0.1) is 19.8 Å². The number of amides is 4. The summed E-state index contributed by atoms with van der Waals surface area (Å²) in [5.74, 6) is 0.376. The van der Waals surface area contributed by atoms with Crippen LogP contribution in [0.3, 0.4) is 0 Å². The lowest BCUT2D eigenvalue weighted by molar-refractivity contribution is -0.130. The maximum atomic E-state index is 13.2. The third-order valence-electron chi connectivity index (χ3n) is 6.01. The fourth-order valence-corrected chi connectivity index (χ4v) is 3.95. The van der Waals surface area contributed by atoms with Gasteiger partial charge in [-0.15, -0.1) is 0 Å². The molecular formula is C31H32N2O6. The summed E-state index contributed by atoms with van der Waals surface area (Å²) in [6.07, 6.45) is 2.32. The van der Waals surface area contributed by atoms with Crippen LogP contribution in [0, 0.1) is 6.92 Å². The predicted octanol–water partition coefficient (Wildman–Crippen LogP) is 5.42. The molecule has 39 heavy (non-hydrogen) atoms. The van der Waals surface area contributed by atoms with Crippen LogP contribution in [0.25, 0.3) is 6.08 Å². The van der Waals surface area contributed by atoms with Crippen LogP contribution in [0.1, 0.15) is 42.5 Å². The molecule has 0 unspecified atom stereocenters. The lowest BCUT2D eigenvalue weighted by Gasteiger charge is -2.26. The van der Waals surface area contributed by atoms with Crippen molar-refractivity contribution in [3.63, 3.8) is 0 Å². The highest BCUT2D eigenvalue weighted by molar-refractivity contribution is 6.30. The van der Waals surface area contributed by atoms with Gasteiger partial charge in [-0.25, -0.2) is 4.79 Å². The van der Waals surface area contributed by atoms with E-state index in [1.54, 1.807) is 42.5 Å². The number of benzene rings is 3. The number of nitrogens with zero attached hydrogens (tertiary/aromatic N) is 1. The number of ether oxygens (including phenoxy) is 3. The molecule has 1 fully saturated rings. The Morgan fingerprint density at radius 3 is 2.23 bits per heavy atom. The highest BCUT2D eigenvalue weighted by Crippen LogP contribution is 2.30. The standard InChI is InChI=1S/C31H32N2O6/c1-4-16-38-27-15-12-24(18-28(27)37-5-2)19-33-30(35)26(29(34)32-31(33)36)17-22-10-13-25(14-11-22)39-20-23-8-6-21(3)7-9-23/h6-15,17-18H,4-5,16,19-20H2,1-3H3,(H,32,34,36)/b26-17+. The van der Waals surface area contributed by atoms with Crippen LogP contribution in [0.2, 0.25) is 0 Å². The van der Waals surface area contributed by atoms with Gasteiger partial charge in [-0.05, 0) is 67.3 Å². The topological polar surface area (TPSA) is 94.2 Å². The van der Waals surface area contributed by atoms with E-state index in [0.717, 1.165) is 16.9 Å². The number of hydrogen-bond donors (Lipinski definition) is 1. The summed E-state index contributed by atoms with van der Waals surface area (Å²) in [7, 11) is 0. The average molecular weight is 529 g/mol. The van der Waals surface area contributed by atoms with Crippen molar-refractivity contribution in [2.45, 2.75) is 40.3 Å². The first-order valence-corrected chi connectivity index (χ1v) is 12.9. The van der Waals surface area contributed by atoms with E-state index in [0.29, 0.717) is 48.2 Å². The van der Waals surface area contributed by atoms with E-state index in [1.807, 2.05) is 45.0 Å². The molecule has 0 atom stereocenters. The molecule has 1 saturated heterocycles. The van der Waals surface area contributed by atoms with E-state index in [2.05, 4.69) is 5.32 Å². The second-order valence-corrected chi connectivity index (χ2v) is 9.11. The molecule has 1 aliphatic rings. The third kappa shape index (κ3) is 7.04. The first kappa shape index (κ1) is 27.4. The zero-order chi connectivity index (χ0) is 27.8. The van der Waals surface area contributed by atoms with Gasteiger partial charge in [0.15, 0.2) is 11.5 Å². The molecule has 3 aromatic rings. The Balaban J connectivity index is 1.47. The molecule has 0 aromatic heterocycles. The molecule has 8 heteroatoms. The molecule has 0 bridgehead atoms. The fraction of sp³-hybridized carbons (Fsp3) is 0.258. The molecule has 0 saturated carbocycles. The van der Waals surface area contributed by atoms with Crippen LogP contribution in [-0.2, 0) is 22.7 Å². The molecule has 1 heterocycles. The van der Waals surface area contributed by atoms with Crippen LogP contribution >= 0.6 is 0 Å². The average Bonchev–Trinajstić information content (AvgIpc) is 2.93. The molecular weight excluding hydrogens is 496 g/mol. The van der Waals surface area contributed by atoms with Crippen molar-refractivity contribution >= 4 is 23.9 Å². The van der Waals surface area contributed by atoms with Gasteiger partial charge < -0.3 is 14.2 Å². The Labute approximate surface area is 228 Å². The van der Waals surface area contributed by atoms with Crippen molar-refractivity contribution in [1.29, 1.82) is 0 Å². The van der Waals surface area contributed by atoms with Gasteiger partial charge in [0, 0.05) is 0 Å². The summed E-state index contributed by atoms with van der Waals surface area (Å²) in [4.78, 5) is 39.3. The largest absolute Gasteiger partial charge is 0.490 e.